The molecule has 0 aromatic heterocycles. The van der Waals surface area contributed by atoms with Crippen molar-refractivity contribution in [2.45, 2.75) is 34.1 Å². The quantitative estimate of drug-likeness (QED) is 0.774. The third-order valence-electron chi connectivity index (χ3n) is 2.47. The van der Waals surface area contributed by atoms with E-state index in [2.05, 4.69) is 36.7 Å². The number of halogens is 1. The molecular weight excluding hydrogens is 280 g/mol. The van der Waals surface area contributed by atoms with E-state index in [4.69, 9.17) is 4.74 Å². The SMILES string of the molecule is COc1cc(C)c(Br)cc1C(=O)CC(C)(C)C. The zero-order valence-electron chi connectivity index (χ0n) is 11.1. The van der Waals surface area contributed by atoms with Crippen LogP contribution in [-0.2, 0) is 0 Å². The van der Waals surface area contributed by atoms with Crippen molar-refractivity contribution in [1.29, 1.82) is 0 Å². The summed E-state index contributed by atoms with van der Waals surface area (Å²) in [5.74, 6) is 0.773. The summed E-state index contributed by atoms with van der Waals surface area (Å²) in [6, 6.07) is 3.74. The number of ether oxygens (including phenoxy) is 1. The fourth-order valence-electron chi connectivity index (χ4n) is 1.62. The first kappa shape index (κ1) is 14.2. The lowest BCUT2D eigenvalue weighted by Crippen LogP contribution is -2.14. The molecule has 0 heterocycles. The number of hydrogen-bond donors (Lipinski definition) is 0. The lowest BCUT2D eigenvalue weighted by atomic mass is 9.87. The Labute approximate surface area is 111 Å². The Balaban J connectivity index is 3.12. The van der Waals surface area contributed by atoms with Crippen molar-refractivity contribution in [3.63, 3.8) is 0 Å². The van der Waals surface area contributed by atoms with Gasteiger partial charge >= 0.3 is 0 Å². The van der Waals surface area contributed by atoms with Crippen molar-refractivity contribution >= 4 is 21.7 Å². The van der Waals surface area contributed by atoms with Crippen molar-refractivity contribution in [3.05, 3.63) is 27.7 Å². The molecule has 0 saturated heterocycles. The summed E-state index contributed by atoms with van der Waals surface area (Å²) in [5, 5.41) is 0. The van der Waals surface area contributed by atoms with E-state index in [0.717, 1.165) is 10.0 Å². The molecule has 0 aliphatic heterocycles. The molecule has 0 bridgehead atoms. The number of Topliss-reactive ketones (excluding diaryl/α,β-unsaturated/α-hetero) is 1. The number of hydrogen-bond acceptors (Lipinski definition) is 2. The van der Waals surface area contributed by atoms with Gasteiger partial charge in [-0.3, -0.25) is 4.79 Å². The summed E-state index contributed by atoms with van der Waals surface area (Å²) in [6.45, 7) is 8.15. The average Bonchev–Trinajstić information content (AvgIpc) is 2.18. The summed E-state index contributed by atoms with van der Waals surface area (Å²) in [5.41, 5.74) is 1.70. The zero-order chi connectivity index (χ0) is 13.2. The van der Waals surface area contributed by atoms with Gasteiger partial charge in [0.1, 0.15) is 5.75 Å². The monoisotopic (exact) mass is 298 g/mol. The number of benzene rings is 1. The Morgan fingerprint density at radius 2 is 1.94 bits per heavy atom. The number of carbonyl (C=O) groups is 1. The van der Waals surface area contributed by atoms with E-state index >= 15 is 0 Å². The first-order valence-corrected chi connectivity index (χ1v) is 6.41. The highest BCUT2D eigenvalue weighted by molar-refractivity contribution is 9.10. The summed E-state index contributed by atoms with van der Waals surface area (Å²) < 4.78 is 6.22. The van der Waals surface area contributed by atoms with E-state index in [9.17, 15) is 4.79 Å². The maximum absolute atomic E-state index is 12.2. The Kier molecular flexibility index (Phi) is 4.36. The fourth-order valence-corrected chi connectivity index (χ4v) is 1.96. The Morgan fingerprint density at radius 1 is 1.35 bits per heavy atom. The first-order chi connectivity index (χ1) is 7.74. The summed E-state index contributed by atoms with van der Waals surface area (Å²) in [4.78, 5) is 12.2. The number of methoxy groups -OCH3 is 1. The van der Waals surface area contributed by atoms with Gasteiger partial charge in [-0.1, -0.05) is 36.7 Å². The van der Waals surface area contributed by atoms with Gasteiger partial charge < -0.3 is 4.74 Å². The second-order valence-corrected chi connectivity index (χ2v) is 6.32. The van der Waals surface area contributed by atoms with E-state index in [0.29, 0.717) is 17.7 Å². The van der Waals surface area contributed by atoms with Crippen LogP contribution in [0.3, 0.4) is 0 Å². The molecule has 1 aromatic carbocycles. The topological polar surface area (TPSA) is 26.3 Å². The van der Waals surface area contributed by atoms with Crippen LogP contribution in [0.2, 0.25) is 0 Å². The fraction of sp³-hybridized carbons (Fsp3) is 0.500. The molecule has 0 N–H and O–H groups in total. The molecule has 17 heavy (non-hydrogen) atoms. The van der Waals surface area contributed by atoms with Gasteiger partial charge in [-0.25, -0.2) is 0 Å². The van der Waals surface area contributed by atoms with Crippen LogP contribution in [0.5, 0.6) is 5.75 Å². The summed E-state index contributed by atoms with van der Waals surface area (Å²) in [6.07, 6.45) is 0.513. The highest BCUT2D eigenvalue weighted by Crippen LogP contribution is 2.30. The van der Waals surface area contributed by atoms with Crippen LogP contribution < -0.4 is 4.74 Å². The van der Waals surface area contributed by atoms with E-state index < -0.39 is 0 Å². The Hall–Kier alpha value is -0.830. The van der Waals surface area contributed by atoms with Gasteiger partial charge in [-0.05, 0) is 30.0 Å². The number of aryl methyl sites for hydroxylation is 1. The standard InChI is InChI=1S/C14H19BrO2/c1-9-6-13(17-5)10(7-11(9)15)12(16)8-14(2,3)4/h6-7H,8H2,1-5H3. The lowest BCUT2D eigenvalue weighted by molar-refractivity contribution is 0.0937. The van der Waals surface area contributed by atoms with Gasteiger partial charge in [-0.2, -0.15) is 0 Å². The largest absolute Gasteiger partial charge is 0.496 e. The van der Waals surface area contributed by atoms with Crippen LogP contribution in [0, 0.1) is 12.3 Å². The van der Waals surface area contributed by atoms with Crippen LogP contribution >= 0.6 is 15.9 Å². The molecule has 0 radical (unpaired) electrons. The predicted molar refractivity (Wildman–Crippen MR) is 73.8 cm³/mol. The minimum Gasteiger partial charge on any atom is -0.496 e. The van der Waals surface area contributed by atoms with E-state index in [1.54, 1.807) is 7.11 Å². The third kappa shape index (κ3) is 3.84. The van der Waals surface area contributed by atoms with Crippen molar-refractivity contribution in [3.8, 4) is 5.75 Å². The van der Waals surface area contributed by atoms with Crippen LogP contribution in [0.25, 0.3) is 0 Å². The molecule has 0 spiro atoms. The van der Waals surface area contributed by atoms with Crippen molar-refractivity contribution < 1.29 is 9.53 Å². The van der Waals surface area contributed by atoms with Gasteiger partial charge in [0.2, 0.25) is 0 Å². The normalized spacial score (nSPS) is 11.4. The summed E-state index contributed by atoms with van der Waals surface area (Å²) in [7, 11) is 1.59. The van der Waals surface area contributed by atoms with Crippen LogP contribution in [0.4, 0.5) is 0 Å². The molecule has 0 amide bonds. The summed E-state index contributed by atoms with van der Waals surface area (Å²) >= 11 is 3.45. The molecule has 94 valence electrons. The Morgan fingerprint density at radius 3 is 2.41 bits per heavy atom. The molecule has 0 fully saturated rings. The smallest absolute Gasteiger partial charge is 0.167 e. The average molecular weight is 299 g/mol. The van der Waals surface area contributed by atoms with Crippen molar-refractivity contribution in [1.82, 2.24) is 0 Å². The number of rotatable bonds is 3. The molecule has 0 unspecified atom stereocenters. The number of ketones is 1. The van der Waals surface area contributed by atoms with Crippen molar-refractivity contribution in [2.75, 3.05) is 7.11 Å². The van der Waals surface area contributed by atoms with Crippen LogP contribution in [0.1, 0.15) is 43.1 Å². The van der Waals surface area contributed by atoms with E-state index in [1.165, 1.54) is 0 Å². The molecule has 3 heteroatoms. The molecule has 2 nitrogen and oxygen atoms in total. The minimum atomic E-state index is -0.0144. The van der Waals surface area contributed by atoms with Gasteiger partial charge in [0, 0.05) is 10.9 Å². The molecule has 1 rings (SSSR count). The van der Waals surface area contributed by atoms with Gasteiger partial charge in [0.25, 0.3) is 0 Å². The van der Waals surface area contributed by atoms with Crippen molar-refractivity contribution in [2.24, 2.45) is 5.41 Å². The molecule has 1 aromatic rings. The highest BCUT2D eigenvalue weighted by atomic mass is 79.9. The van der Waals surface area contributed by atoms with Gasteiger partial charge in [0.15, 0.2) is 5.78 Å². The van der Waals surface area contributed by atoms with Gasteiger partial charge in [-0.15, -0.1) is 0 Å². The third-order valence-corrected chi connectivity index (χ3v) is 3.33. The van der Waals surface area contributed by atoms with E-state index in [1.807, 2.05) is 19.1 Å². The van der Waals surface area contributed by atoms with Crippen LogP contribution in [-0.4, -0.2) is 12.9 Å². The highest BCUT2D eigenvalue weighted by Gasteiger charge is 2.20. The lowest BCUT2D eigenvalue weighted by Gasteiger charge is -2.18. The van der Waals surface area contributed by atoms with Gasteiger partial charge in [0.05, 0.1) is 12.7 Å². The van der Waals surface area contributed by atoms with Crippen LogP contribution in [0.15, 0.2) is 16.6 Å². The zero-order valence-corrected chi connectivity index (χ0v) is 12.6. The maximum Gasteiger partial charge on any atom is 0.167 e. The second-order valence-electron chi connectivity index (χ2n) is 5.46. The van der Waals surface area contributed by atoms with E-state index in [-0.39, 0.29) is 11.2 Å². The molecule has 0 aliphatic rings. The predicted octanol–water partition coefficient (Wildman–Crippen LogP) is 4.39. The Bertz CT molecular complexity index is 431. The molecule has 0 atom stereocenters. The minimum absolute atomic E-state index is 0.0144. The molecular formula is C14H19BrO2. The number of carbonyl (C=O) groups excluding carboxylic acids is 1. The second kappa shape index (κ2) is 5.21. The molecule has 0 saturated carbocycles. The molecule has 0 aliphatic carbocycles. The first-order valence-electron chi connectivity index (χ1n) is 5.62. The maximum atomic E-state index is 12.2.